The van der Waals surface area contributed by atoms with Gasteiger partial charge in [-0.05, 0) is 206 Å². The molecule has 2 saturated carbocycles. The van der Waals surface area contributed by atoms with Crippen molar-refractivity contribution >= 4 is 31.9 Å². The molecule has 6 heteroatoms. The van der Waals surface area contributed by atoms with Gasteiger partial charge in [0.2, 0.25) is 0 Å². The second-order valence-electron chi connectivity index (χ2n) is 19.4. The molecule has 9 rings (SSSR count). The van der Waals surface area contributed by atoms with E-state index in [0.29, 0.717) is 23.7 Å². The second-order valence-corrected chi connectivity index (χ2v) is 20.9. The molecule has 4 aromatic rings. The van der Waals surface area contributed by atoms with Crippen LogP contribution in [0.25, 0.3) is 0 Å². The Morgan fingerprint density at radius 3 is 1.03 bits per heavy atom. The number of hydrogen-bond donors (Lipinski definition) is 0. The largest absolute Gasteiger partial charge is 0.496 e. The van der Waals surface area contributed by atoms with Crippen molar-refractivity contribution in [3.05, 3.63) is 115 Å². The molecule has 5 aliphatic carbocycles. The van der Waals surface area contributed by atoms with E-state index in [9.17, 15) is 0 Å². The second kappa shape index (κ2) is 20.9. The maximum Gasteiger partial charge on any atom is 0.126 e. The summed E-state index contributed by atoms with van der Waals surface area (Å²) in [5, 5.41) is 2.09. The van der Waals surface area contributed by atoms with Crippen LogP contribution in [0.1, 0.15) is 193 Å². The highest BCUT2D eigenvalue weighted by atomic mass is 79.9. The smallest absolute Gasteiger partial charge is 0.126 e. The molecule has 0 aliphatic heterocycles. The number of rotatable bonds is 14. The lowest BCUT2D eigenvalue weighted by Gasteiger charge is -2.41. The molecule has 0 spiro atoms. The molecule has 0 aromatic heterocycles. The number of methoxy groups -OCH3 is 2. The van der Waals surface area contributed by atoms with Crippen molar-refractivity contribution in [1.29, 1.82) is 0 Å². The normalized spacial score (nSPS) is 21.5. The van der Waals surface area contributed by atoms with Crippen LogP contribution in [0.4, 0.5) is 0 Å². The third-order valence-electron chi connectivity index (χ3n) is 15.2. The number of benzene rings is 4. The average molecular weight is 967 g/mol. The van der Waals surface area contributed by atoms with Crippen LogP contribution < -0.4 is 18.9 Å². The zero-order chi connectivity index (χ0) is 42.4. The van der Waals surface area contributed by atoms with Crippen molar-refractivity contribution in [3.8, 4) is 23.0 Å². The predicted octanol–water partition coefficient (Wildman–Crippen LogP) is 14.9. The topological polar surface area (TPSA) is 36.9 Å². The lowest BCUT2D eigenvalue weighted by atomic mass is 9.64. The van der Waals surface area contributed by atoms with Crippen LogP contribution in [-0.4, -0.2) is 38.1 Å². The lowest BCUT2D eigenvalue weighted by molar-refractivity contribution is 0.278. The molecule has 0 heterocycles. The molecule has 0 radical (unpaired) electrons. The van der Waals surface area contributed by atoms with Gasteiger partial charge < -0.3 is 18.9 Å². The fourth-order valence-corrected chi connectivity index (χ4v) is 12.6. The highest BCUT2D eigenvalue weighted by Crippen LogP contribution is 2.58. The molecule has 0 amide bonds. The summed E-state index contributed by atoms with van der Waals surface area (Å²) >= 11 is 7.33. The van der Waals surface area contributed by atoms with Crippen LogP contribution >= 0.6 is 31.9 Å². The fourth-order valence-electron chi connectivity index (χ4n) is 11.8. The molecule has 2 fully saturated rings. The Balaban J connectivity index is 1.29. The van der Waals surface area contributed by atoms with Gasteiger partial charge in [0.1, 0.15) is 23.0 Å². The first-order valence-corrected chi connectivity index (χ1v) is 26.9. The number of aryl methyl sites for hydroxylation is 4. The Morgan fingerprint density at radius 2 is 0.726 bits per heavy atom. The fraction of sp³-hybridized carbons (Fsp3) is 0.571. The van der Waals surface area contributed by atoms with Crippen LogP contribution in [0.3, 0.4) is 0 Å². The number of hydrogen-bond acceptors (Lipinski definition) is 4. The summed E-state index contributed by atoms with van der Waals surface area (Å²) in [5.41, 5.74) is 16.9. The Labute approximate surface area is 389 Å². The summed E-state index contributed by atoms with van der Waals surface area (Å²) in [6, 6.07) is 20.4. The lowest BCUT2D eigenvalue weighted by Crippen LogP contribution is -2.25. The van der Waals surface area contributed by atoms with Gasteiger partial charge in [0.05, 0.1) is 27.4 Å². The van der Waals surface area contributed by atoms with E-state index < -0.39 is 0 Å². The molecule has 4 aromatic carbocycles. The zero-order valence-corrected chi connectivity index (χ0v) is 40.9. The summed E-state index contributed by atoms with van der Waals surface area (Å²) < 4.78 is 27.6. The number of halogens is 2. The molecule has 12 bridgehead atoms. The first kappa shape index (κ1) is 44.3. The third-order valence-corrected chi connectivity index (χ3v) is 16.4. The minimum atomic E-state index is 0.378. The van der Waals surface area contributed by atoms with Crippen molar-refractivity contribution in [2.24, 2.45) is 0 Å². The molecule has 0 saturated heterocycles. The monoisotopic (exact) mass is 964 g/mol. The van der Waals surface area contributed by atoms with Crippen LogP contribution in [0.2, 0.25) is 0 Å². The summed E-state index contributed by atoms with van der Waals surface area (Å²) in [5.74, 6) is 6.01. The van der Waals surface area contributed by atoms with Gasteiger partial charge in [-0.15, -0.1) is 0 Å². The van der Waals surface area contributed by atoms with Crippen molar-refractivity contribution in [2.45, 2.75) is 165 Å². The van der Waals surface area contributed by atoms with E-state index in [-0.39, 0.29) is 0 Å². The van der Waals surface area contributed by atoms with E-state index in [4.69, 9.17) is 18.9 Å². The van der Waals surface area contributed by atoms with Crippen molar-refractivity contribution in [1.82, 2.24) is 0 Å². The molecular weight excluding hydrogens is 896 g/mol. The summed E-state index contributed by atoms with van der Waals surface area (Å²) in [7, 11) is 3.85. The molecule has 62 heavy (non-hydrogen) atoms. The average Bonchev–Trinajstić information content (AvgIpc) is 3.24. The Kier molecular flexibility index (Phi) is 14.9. The molecule has 4 nitrogen and oxygen atoms in total. The van der Waals surface area contributed by atoms with Crippen LogP contribution in [-0.2, 0) is 38.5 Å². The molecule has 0 unspecified atom stereocenters. The van der Waals surface area contributed by atoms with Gasteiger partial charge in [0.15, 0.2) is 0 Å². The van der Waals surface area contributed by atoms with Crippen molar-refractivity contribution in [2.75, 3.05) is 38.1 Å². The van der Waals surface area contributed by atoms with Gasteiger partial charge in [-0.25, -0.2) is 0 Å². The molecule has 0 N–H and O–H groups in total. The minimum Gasteiger partial charge on any atom is -0.496 e. The van der Waals surface area contributed by atoms with E-state index in [0.717, 1.165) is 98.2 Å². The molecule has 4 atom stereocenters. The van der Waals surface area contributed by atoms with Gasteiger partial charge in [-0.3, -0.25) is 0 Å². The van der Waals surface area contributed by atoms with Gasteiger partial charge in [-0.1, -0.05) is 93.2 Å². The van der Waals surface area contributed by atoms with Gasteiger partial charge in [-0.2, -0.15) is 0 Å². The molecule has 5 aliphatic rings. The number of ether oxygens (including phenoxy) is 4. The summed E-state index contributed by atoms with van der Waals surface area (Å²) in [4.78, 5) is 0. The number of alkyl halides is 2. The number of unbranched alkanes of at least 4 members (excludes halogenated alkanes) is 4. The van der Waals surface area contributed by atoms with E-state index in [2.05, 4.69) is 80.4 Å². The predicted molar refractivity (Wildman–Crippen MR) is 263 cm³/mol. The highest BCUT2D eigenvalue weighted by Gasteiger charge is 2.41. The van der Waals surface area contributed by atoms with Crippen molar-refractivity contribution in [3.63, 3.8) is 0 Å². The van der Waals surface area contributed by atoms with E-state index >= 15 is 0 Å². The zero-order valence-electron chi connectivity index (χ0n) is 37.7. The maximum absolute atomic E-state index is 7.16. The van der Waals surface area contributed by atoms with Crippen LogP contribution in [0.5, 0.6) is 23.0 Å². The first-order valence-electron chi connectivity index (χ1n) is 24.6. The Hall–Kier alpha value is -2.96. The highest BCUT2D eigenvalue weighted by molar-refractivity contribution is 9.09. The minimum absolute atomic E-state index is 0.378. The van der Waals surface area contributed by atoms with Gasteiger partial charge >= 0.3 is 0 Å². The molecule has 332 valence electrons. The van der Waals surface area contributed by atoms with E-state index in [1.165, 1.54) is 157 Å². The van der Waals surface area contributed by atoms with Crippen molar-refractivity contribution < 1.29 is 18.9 Å². The van der Waals surface area contributed by atoms with Crippen LogP contribution in [0.15, 0.2) is 48.5 Å². The Morgan fingerprint density at radius 1 is 0.403 bits per heavy atom. The van der Waals surface area contributed by atoms with Gasteiger partial charge in [0, 0.05) is 23.5 Å². The summed E-state index contributed by atoms with van der Waals surface area (Å²) in [6.07, 6.45) is 24.8. The SMILES string of the molecule is COc1c2cc3cc1[C@H]1CC[C@H]1c1cc(cc(c1OCCCCCBr)Cc1cc4cc(c1OC)[C@H]1CC[C@H]1c1cc(cc(c1OCCCCCBr)C2)CCCCC4)CCCCC3. The van der Waals surface area contributed by atoms with Crippen LogP contribution in [0, 0.1) is 0 Å². The Bertz CT molecular complexity index is 2020. The maximum atomic E-state index is 7.16. The quantitative estimate of drug-likeness (QED) is 0.0932. The standard InChI is InChI=1S/C56H70Br2O4/c1-59-53-41-27-37-15-7-3-9-18-40-30-44(56(62-26-14-6-12-24-58)51(33-40)47-21-19-45(47)49(53)31-37)36-42-28-38-16-8-4-10-17-39-29-43(35-41)55(61-25-13-5-11-23-57)52(34-39)48-22-20-46(48)50(32-38)54(42)60-2/h27-34,45-48H,3-26,35-36H2,1-2H3/t45-,46-,47+,48+/m0/s1. The first-order chi connectivity index (χ1) is 30.6. The van der Waals surface area contributed by atoms with E-state index in [1.54, 1.807) is 0 Å². The molecular formula is C56H70Br2O4. The third kappa shape index (κ3) is 9.54. The summed E-state index contributed by atoms with van der Waals surface area (Å²) in [6.45, 7) is 1.50. The van der Waals surface area contributed by atoms with Gasteiger partial charge in [0.25, 0.3) is 0 Å². The van der Waals surface area contributed by atoms with E-state index in [1.807, 2.05) is 14.2 Å². The number of fused-ring (bicyclic) bond motifs is 8.